The molecule has 1 N–H and O–H groups in total. The van der Waals surface area contributed by atoms with Gasteiger partial charge in [-0.3, -0.25) is 14.2 Å². The van der Waals surface area contributed by atoms with Gasteiger partial charge in [-0.05, 0) is 82.7 Å². The molecule has 0 amide bonds. The van der Waals surface area contributed by atoms with Crippen molar-refractivity contribution in [3.8, 4) is 17.2 Å². The van der Waals surface area contributed by atoms with Gasteiger partial charge in [0.25, 0.3) is 10.1 Å². The fraction of sp³-hybridized carbons (Fsp3) is 0.423. The predicted octanol–water partition coefficient (Wildman–Crippen LogP) is 4.35. The third kappa shape index (κ3) is 5.37. The largest absolute Gasteiger partial charge is 0.493 e. The number of nitrogens with zero attached hydrogens (tertiary/aromatic N) is 1. The summed E-state index contributed by atoms with van der Waals surface area (Å²) in [6.07, 6.45) is 4.66. The van der Waals surface area contributed by atoms with Crippen molar-refractivity contribution in [3.63, 3.8) is 0 Å². The molecule has 8 nitrogen and oxygen atoms in total. The van der Waals surface area contributed by atoms with Crippen LogP contribution in [0.5, 0.6) is 17.2 Å². The van der Waals surface area contributed by atoms with Crippen LogP contribution in [0.1, 0.15) is 37.3 Å². The molecule has 188 valence electrons. The zero-order valence-electron chi connectivity index (χ0n) is 20.5. The van der Waals surface area contributed by atoms with Crippen LogP contribution in [-0.4, -0.2) is 56.9 Å². The Balaban J connectivity index is 0.000000527. The molecule has 1 fully saturated rings. The molecular formula is C26H31NO7S. The number of hydrogen-bond donors (Lipinski definition) is 1. The molecule has 35 heavy (non-hydrogen) atoms. The molecule has 0 bridgehead atoms. The molecule has 2 aliphatic heterocycles. The van der Waals surface area contributed by atoms with Crippen LogP contribution >= 0.6 is 0 Å². The van der Waals surface area contributed by atoms with Crippen molar-refractivity contribution in [1.29, 1.82) is 0 Å². The lowest BCUT2D eigenvalue weighted by molar-refractivity contribution is -0.134. The smallest absolute Gasteiger partial charge is 0.310 e. The van der Waals surface area contributed by atoms with E-state index in [-0.39, 0.29) is 5.97 Å². The van der Waals surface area contributed by atoms with Gasteiger partial charge in [-0.15, -0.1) is 0 Å². The average Bonchev–Trinajstić information content (AvgIpc) is 3.28. The summed E-state index contributed by atoms with van der Waals surface area (Å²) >= 11 is 0. The van der Waals surface area contributed by atoms with Gasteiger partial charge in [-0.1, -0.05) is 13.0 Å². The Morgan fingerprint density at radius 2 is 1.66 bits per heavy atom. The fourth-order valence-corrected chi connectivity index (χ4v) is 5.14. The van der Waals surface area contributed by atoms with Gasteiger partial charge >= 0.3 is 5.97 Å². The highest BCUT2D eigenvalue weighted by Crippen LogP contribution is 2.44. The molecule has 5 rings (SSSR count). The van der Waals surface area contributed by atoms with E-state index in [4.69, 9.17) is 18.8 Å². The van der Waals surface area contributed by atoms with Crippen molar-refractivity contribution < 1.29 is 32.0 Å². The molecule has 0 radical (unpaired) electrons. The first-order valence-electron chi connectivity index (χ1n) is 11.6. The van der Waals surface area contributed by atoms with Gasteiger partial charge in [0.1, 0.15) is 5.75 Å². The third-order valence-electron chi connectivity index (χ3n) is 6.64. The van der Waals surface area contributed by atoms with Crippen LogP contribution in [0, 0.1) is 0 Å². The van der Waals surface area contributed by atoms with Crippen LogP contribution in [0.4, 0.5) is 0 Å². The van der Waals surface area contributed by atoms with E-state index >= 15 is 0 Å². The molecule has 1 saturated heterocycles. The topological polar surface area (TPSA) is 102 Å². The number of ether oxygens (including phenoxy) is 3. The first-order valence-corrected chi connectivity index (χ1v) is 13.5. The van der Waals surface area contributed by atoms with Crippen molar-refractivity contribution >= 4 is 37.6 Å². The van der Waals surface area contributed by atoms with Gasteiger partial charge in [0.05, 0.1) is 20.5 Å². The molecule has 0 saturated carbocycles. The maximum atomic E-state index is 11.9. The van der Waals surface area contributed by atoms with Gasteiger partial charge in [-0.25, -0.2) is 0 Å². The summed E-state index contributed by atoms with van der Waals surface area (Å²) in [7, 11) is -0.330. The summed E-state index contributed by atoms with van der Waals surface area (Å²) in [6, 6.07) is 10.8. The average molecular weight is 502 g/mol. The summed E-state index contributed by atoms with van der Waals surface area (Å²) < 4.78 is 42.6. The van der Waals surface area contributed by atoms with Crippen LogP contribution in [0.2, 0.25) is 0 Å². The minimum Gasteiger partial charge on any atom is -0.493 e. The second-order valence-electron chi connectivity index (χ2n) is 8.95. The minimum absolute atomic E-state index is 0.225. The SMILES string of the molecule is CCC(=O)Oc1ccc2c3c(c4cc(OC)c(OC)cc4c2c1)CN1CCC[C@H]1C3.CS(=O)(=O)O. The third-order valence-corrected chi connectivity index (χ3v) is 6.64. The van der Waals surface area contributed by atoms with Gasteiger partial charge in [0, 0.05) is 19.0 Å². The zero-order chi connectivity index (χ0) is 25.3. The van der Waals surface area contributed by atoms with E-state index in [1.165, 1.54) is 41.3 Å². The summed E-state index contributed by atoms with van der Waals surface area (Å²) in [6.45, 7) is 3.94. The highest BCUT2D eigenvalue weighted by atomic mass is 32.2. The Morgan fingerprint density at radius 1 is 1.03 bits per heavy atom. The molecular weight excluding hydrogens is 470 g/mol. The Labute approximate surface area is 205 Å². The number of carbonyl (C=O) groups excluding carboxylic acids is 1. The molecule has 3 aromatic carbocycles. The molecule has 2 heterocycles. The lowest BCUT2D eigenvalue weighted by atomic mass is 9.85. The molecule has 0 aliphatic carbocycles. The molecule has 0 aromatic heterocycles. The van der Waals surface area contributed by atoms with E-state index in [0.29, 0.717) is 30.2 Å². The van der Waals surface area contributed by atoms with Gasteiger partial charge in [0.2, 0.25) is 0 Å². The second kappa shape index (κ2) is 10.0. The Kier molecular flexibility index (Phi) is 7.21. The first-order chi connectivity index (χ1) is 16.6. The van der Waals surface area contributed by atoms with Gasteiger partial charge in [-0.2, -0.15) is 8.42 Å². The number of esters is 1. The number of benzene rings is 3. The van der Waals surface area contributed by atoms with E-state index in [0.717, 1.165) is 29.5 Å². The lowest BCUT2D eigenvalue weighted by Gasteiger charge is -2.33. The van der Waals surface area contributed by atoms with E-state index < -0.39 is 10.1 Å². The molecule has 0 spiro atoms. The van der Waals surface area contributed by atoms with Crippen molar-refractivity contribution in [3.05, 3.63) is 41.5 Å². The van der Waals surface area contributed by atoms with Crippen LogP contribution < -0.4 is 14.2 Å². The standard InChI is InChI=1S/C25H27NO4.CH4O3S/c1-4-25(27)30-16-7-8-17-18-10-15-6-5-9-26(15)14-22(18)21-13-24(29-3)23(28-2)12-20(21)19(17)11-16;1-5(2,3)4/h7-8,11-13,15H,4-6,9-10,14H2,1-3H3;1H3,(H,2,3,4)/t15-;/m0./s1. The van der Waals surface area contributed by atoms with Crippen LogP contribution in [0.3, 0.4) is 0 Å². The Bertz CT molecular complexity index is 1380. The molecule has 2 aliphatic rings. The van der Waals surface area contributed by atoms with Crippen LogP contribution in [-0.2, 0) is 27.9 Å². The molecule has 9 heteroatoms. The van der Waals surface area contributed by atoms with Gasteiger partial charge < -0.3 is 14.2 Å². The summed E-state index contributed by atoms with van der Waals surface area (Å²) in [4.78, 5) is 14.5. The van der Waals surface area contributed by atoms with Crippen molar-refractivity contribution in [2.24, 2.45) is 0 Å². The maximum Gasteiger partial charge on any atom is 0.310 e. The van der Waals surface area contributed by atoms with Crippen molar-refractivity contribution in [2.75, 3.05) is 27.0 Å². The normalized spacial score (nSPS) is 17.3. The number of rotatable bonds is 4. The number of fused-ring (bicyclic) bond motifs is 7. The number of carbonyl (C=O) groups is 1. The quantitative estimate of drug-likeness (QED) is 0.244. The first kappa shape index (κ1) is 25.2. The van der Waals surface area contributed by atoms with Crippen molar-refractivity contribution in [1.82, 2.24) is 4.90 Å². The van der Waals surface area contributed by atoms with Crippen molar-refractivity contribution in [2.45, 2.75) is 45.2 Å². The Morgan fingerprint density at radius 3 is 2.29 bits per heavy atom. The highest BCUT2D eigenvalue weighted by molar-refractivity contribution is 7.85. The van der Waals surface area contributed by atoms with Crippen LogP contribution in [0.25, 0.3) is 21.5 Å². The monoisotopic (exact) mass is 501 g/mol. The number of hydrogen-bond acceptors (Lipinski definition) is 7. The lowest BCUT2D eigenvalue weighted by Crippen LogP contribution is -2.35. The fourth-order valence-electron chi connectivity index (χ4n) is 5.14. The summed E-state index contributed by atoms with van der Waals surface area (Å²) in [5.74, 6) is 1.81. The highest BCUT2D eigenvalue weighted by Gasteiger charge is 2.32. The van der Waals surface area contributed by atoms with E-state index in [1.54, 1.807) is 21.1 Å². The molecule has 0 unspecified atom stereocenters. The predicted molar refractivity (Wildman–Crippen MR) is 135 cm³/mol. The molecule has 1 atom stereocenters. The number of methoxy groups -OCH3 is 2. The zero-order valence-corrected chi connectivity index (χ0v) is 21.3. The second-order valence-corrected chi connectivity index (χ2v) is 10.4. The summed E-state index contributed by atoms with van der Waals surface area (Å²) in [5, 5.41) is 4.64. The summed E-state index contributed by atoms with van der Waals surface area (Å²) in [5.41, 5.74) is 2.80. The maximum absolute atomic E-state index is 11.9. The molecule has 3 aromatic rings. The van der Waals surface area contributed by atoms with E-state index in [1.807, 2.05) is 12.1 Å². The van der Waals surface area contributed by atoms with E-state index in [9.17, 15) is 13.2 Å². The Hall–Kier alpha value is -2.88. The van der Waals surface area contributed by atoms with E-state index in [2.05, 4.69) is 23.1 Å². The van der Waals surface area contributed by atoms with Gasteiger partial charge in [0.15, 0.2) is 11.5 Å². The minimum atomic E-state index is -3.67. The van der Waals surface area contributed by atoms with Crippen LogP contribution in [0.15, 0.2) is 30.3 Å².